The molecule has 0 aromatic heterocycles. The monoisotopic (exact) mass is 248 g/mol. The van der Waals surface area contributed by atoms with Gasteiger partial charge in [-0.25, -0.2) is 4.79 Å². The van der Waals surface area contributed by atoms with Gasteiger partial charge in [-0.05, 0) is 30.2 Å². The molecule has 0 bridgehead atoms. The Morgan fingerprint density at radius 3 is 2.56 bits per heavy atom. The molecule has 0 amide bonds. The average Bonchev–Trinajstić information content (AvgIpc) is 2.33. The van der Waals surface area contributed by atoms with Crippen LogP contribution in [0.1, 0.15) is 32.3 Å². The van der Waals surface area contributed by atoms with E-state index in [1.807, 2.05) is 30.3 Å². The van der Waals surface area contributed by atoms with Crippen molar-refractivity contribution in [3.05, 3.63) is 35.9 Å². The van der Waals surface area contributed by atoms with E-state index in [-0.39, 0.29) is 6.61 Å². The fourth-order valence-electron chi connectivity index (χ4n) is 2.30. The van der Waals surface area contributed by atoms with E-state index in [0.29, 0.717) is 24.7 Å². The molecule has 0 heterocycles. The van der Waals surface area contributed by atoms with Crippen molar-refractivity contribution in [3.63, 3.8) is 0 Å². The Hall–Kier alpha value is -1.35. The summed E-state index contributed by atoms with van der Waals surface area (Å²) in [5.74, 6) is 0.453. The first-order chi connectivity index (χ1) is 8.51. The summed E-state index contributed by atoms with van der Waals surface area (Å²) in [5, 5.41) is 10.1. The molecule has 2 rings (SSSR count). The predicted molar refractivity (Wildman–Crippen MR) is 68.7 cm³/mol. The van der Waals surface area contributed by atoms with Crippen LogP contribution in [0.3, 0.4) is 0 Å². The second-order valence-electron chi connectivity index (χ2n) is 5.51. The first kappa shape index (κ1) is 13.1. The molecule has 18 heavy (non-hydrogen) atoms. The van der Waals surface area contributed by atoms with Crippen LogP contribution in [-0.2, 0) is 16.1 Å². The van der Waals surface area contributed by atoms with Crippen LogP contribution >= 0.6 is 0 Å². The van der Waals surface area contributed by atoms with Gasteiger partial charge < -0.3 is 9.84 Å². The molecular formula is C15H20O3. The van der Waals surface area contributed by atoms with Crippen molar-refractivity contribution in [1.29, 1.82) is 0 Å². The van der Waals surface area contributed by atoms with Crippen molar-refractivity contribution in [2.75, 3.05) is 0 Å². The third-order valence-corrected chi connectivity index (χ3v) is 3.74. The molecule has 98 valence electrons. The lowest BCUT2D eigenvalue weighted by atomic mass is 9.66. The molecule has 1 aromatic carbocycles. The van der Waals surface area contributed by atoms with Crippen LogP contribution in [0.4, 0.5) is 0 Å². The van der Waals surface area contributed by atoms with Crippen molar-refractivity contribution < 1.29 is 14.6 Å². The van der Waals surface area contributed by atoms with Crippen molar-refractivity contribution >= 4 is 5.97 Å². The van der Waals surface area contributed by atoms with Crippen LogP contribution in [0.25, 0.3) is 0 Å². The SMILES string of the molecule is CC(C)C1CC(O)(C(=O)OCc2ccccc2)C1. The molecule has 1 aromatic rings. The molecule has 3 nitrogen and oxygen atoms in total. The van der Waals surface area contributed by atoms with Crippen molar-refractivity contribution in [2.45, 2.75) is 38.9 Å². The van der Waals surface area contributed by atoms with E-state index in [4.69, 9.17) is 4.74 Å². The van der Waals surface area contributed by atoms with Crippen LogP contribution in [0.2, 0.25) is 0 Å². The van der Waals surface area contributed by atoms with Gasteiger partial charge in [0, 0.05) is 0 Å². The smallest absolute Gasteiger partial charge is 0.338 e. The van der Waals surface area contributed by atoms with E-state index in [1.165, 1.54) is 0 Å². The zero-order chi connectivity index (χ0) is 13.2. The van der Waals surface area contributed by atoms with E-state index in [2.05, 4.69) is 13.8 Å². The summed E-state index contributed by atoms with van der Waals surface area (Å²) in [5.41, 5.74) is -0.307. The van der Waals surface area contributed by atoms with E-state index in [1.54, 1.807) is 0 Å². The lowest BCUT2D eigenvalue weighted by molar-refractivity contribution is -0.184. The van der Waals surface area contributed by atoms with Crippen LogP contribution in [0.15, 0.2) is 30.3 Å². The summed E-state index contributed by atoms with van der Waals surface area (Å²) >= 11 is 0. The minimum Gasteiger partial charge on any atom is -0.459 e. The van der Waals surface area contributed by atoms with Crippen LogP contribution in [0.5, 0.6) is 0 Å². The normalized spacial score (nSPS) is 26.8. The van der Waals surface area contributed by atoms with Gasteiger partial charge in [0.05, 0.1) is 0 Å². The minimum atomic E-state index is -1.25. The Balaban J connectivity index is 1.83. The number of hydrogen-bond donors (Lipinski definition) is 1. The second-order valence-corrected chi connectivity index (χ2v) is 5.51. The highest BCUT2D eigenvalue weighted by Gasteiger charge is 2.50. The minimum absolute atomic E-state index is 0.230. The number of carbonyl (C=O) groups is 1. The summed E-state index contributed by atoms with van der Waals surface area (Å²) < 4.78 is 5.17. The van der Waals surface area contributed by atoms with Gasteiger partial charge >= 0.3 is 5.97 Å². The quantitative estimate of drug-likeness (QED) is 0.833. The second kappa shape index (κ2) is 5.11. The molecule has 1 aliphatic carbocycles. The fourth-order valence-corrected chi connectivity index (χ4v) is 2.30. The number of hydrogen-bond acceptors (Lipinski definition) is 3. The van der Waals surface area contributed by atoms with Crippen LogP contribution in [-0.4, -0.2) is 16.7 Å². The number of carbonyl (C=O) groups excluding carboxylic acids is 1. The highest BCUT2D eigenvalue weighted by Crippen LogP contribution is 2.42. The van der Waals surface area contributed by atoms with Crippen LogP contribution in [0, 0.1) is 11.8 Å². The highest BCUT2D eigenvalue weighted by molar-refractivity contribution is 5.80. The fraction of sp³-hybridized carbons (Fsp3) is 0.533. The van der Waals surface area contributed by atoms with Crippen molar-refractivity contribution in [2.24, 2.45) is 11.8 Å². The van der Waals surface area contributed by atoms with Gasteiger partial charge in [-0.2, -0.15) is 0 Å². The van der Waals surface area contributed by atoms with Gasteiger partial charge in [-0.1, -0.05) is 44.2 Å². The zero-order valence-electron chi connectivity index (χ0n) is 10.9. The molecule has 1 aliphatic rings. The molecule has 1 saturated carbocycles. The van der Waals surface area contributed by atoms with Gasteiger partial charge in [0.15, 0.2) is 5.60 Å². The number of rotatable bonds is 4. The van der Waals surface area contributed by atoms with E-state index < -0.39 is 11.6 Å². The standard InChI is InChI=1S/C15H20O3/c1-11(2)13-8-15(17,9-13)14(16)18-10-12-6-4-3-5-7-12/h3-7,11,13,17H,8-10H2,1-2H3. The molecule has 0 spiro atoms. The number of ether oxygens (including phenoxy) is 1. The third-order valence-electron chi connectivity index (χ3n) is 3.74. The predicted octanol–water partition coefficient (Wildman–Crippen LogP) is 2.53. The van der Waals surface area contributed by atoms with Gasteiger partial charge in [0.1, 0.15) is 6.61 Å². The first-order valence-corrected chi connectivity index (χ1v) is 6.45. The molecule has 3 heteroatoms. The van der Waals surface area contributed by atoms with Crippen molar-refractivity contribution in [3.8, 4) is 0 Å². The average molecular weight is 248 g/mol. The first-order valence-electron chi connectivity index (χ1n) is 6.45. The van der Waals surface area contributed by atoms with E-state index in [0.717, 1.165) is 5.56 Å². The molecule has 0 saturated heterocycles. The van der Waals surface area contributed by atoms with Gasteiger partial charge in [0.25, 0.3) is 0 Å². The van der Waals surface area contributed by atoms with Gasteiger partial charge in [0.2, 0.25) is 0 Å². The Labute approximate surface area is 108 Å². The maximum absolute atomic E-state index is 11.8. The number of esters is 1. The molecular weight excluding hydrogens is 228 g/mol. The number of benzene rings is 1. The lowest BCUT2D eigenvalue weighted by Gasteiger charge is -2.43. The largest absolute Gasteiger partial charge is 0.459 e. The lowest BCUT2D eigenvalue weighted by Crippen LogP contribution is -2.52. The molecule has 1 fully saturated rings. The summed E-state index contributed by atoms with van der Waals surface area (Å²) in [6, 6.07) is 9.51. The van der Waals surface area contributed by atoms with Crippen molar-refractivity contribution in [1.82, 2.24) is 0 Å². The Morgan fingerprint density at radius 2 is 2.00 bits per heavy atom. The molecule has 0 radical (unpaired) electrons. The highest BCUT2D eigenvalue weighted by atomic mass is 16.5. The van der Waals surface area contributed by atoms with E-state index >= 15 is 0 Å². The Kier molecular flexibility index (Phi) is 3.71. The zero-order valence-corrected chi connectivity index (χ0v) is 10.9. The number of aliphatic hydroxyl groups is 1. The van der Waals surface area contributed by atoms with Gasteiger partial charge in [-0.15, -0.1) is 0 Å². The van der Waals surface area contributed by atoms with E-state index in [9.17, 15) is 9.90 Å². The maximum atomic E-state index is 11.8. The van der Waals surface area contributed by atoms with Crippen LogP contribution < -0.4 is 0 Å². The topological polar surface area (TPSA) is 46.5 Å². The molecule has 1 N–H and O–H groups in total. The molecule has 0 atom stereocenters. The van der Waals surface area contributed by atoms with Gasteiger partial charge in [-0.3, -0.25) is 0 Å². The summed E-state index contributed by atoms with van der Waals surface area (Å²) in [4.78, 5) is 11.8. The maximum Gasteiger partial charge on any atom is 0.338 e. The molecule has 0 unspecified atom stereocenters. The Morgan fingerprint density at radius 1 is 1.39 bits per heavy atom. The summed E-state index contributed by atoms with van der Waals surface area (Å²) in [7, 11) is 0. The summed E-state index contributed by atoms with van der Waals surface area (Å²) in [6.45, 7) is 4.45. The Bertz CT molecular complexity index is 405. The molecule has 0 aliphatic heterocycles. The third kappa shape index (κ3) is 2.72. The summed E-state index contributed by atoms with van der Waals surface area (Å²) in [6.07, 6.45) is 1.05.